The van der Waals surface area contributed by atoms with Crippen molar-refractivity contribution >= 4 is 22.4 Å². The van der Waals surface area contributed by atoms with Gasteiger partial charge in [-0.05, 0) is 24.6 Å². The van der Waals surface area contributed by atoms with E-state index in [-0.39, 0.29) is 0 Å². The summed E-state index contributed by atoms with van der Waals surface area (Å²) in [6, 6.07) is 3.78. The maximum Gasteiger partial charge on any atom is 0.507 e. The summed E-state index contributed by atoms with van der Waals surface area (Å²) in [6.07, 6.45) is -8.53. The van der Waals surface area contributed by atoms with E-state index in [0.29, 0.717) is 28.9 Å². The Kier molecular flexibility index (Phi) is 3.90. The first-order valence-corrected chi connectivity index (χ1v) is 8.51. The average Bonchev–Trinajstić information content (AvgIpc) is 3.04. The molecule has 0 unspecified atom stereocenters. The van der Waals surface area contributed by atoms with Crippen LogP contribution in [-0.2, 0) is 0 Å². The molecule has 2 N–H and O–H groups in total. The van der Waals surface area contributed by atoms with Crippen molar-refractivity contribution in [1.82, 2.24) is 10.3 Å². The SMILES string of the molecule is FC1(F)Oc2ccc(-c3csc(NC4=NCCCN4)n3)cc2OC1(F)F. The number of fused-ring (bicyclic) bond motifs is 1. The van der Waals surface area contributed by atoms with Crippen LogP contribution in [0, 0.1) is 0 Å². The van der Waals surface area contributed by atoms with E-state index < -0.39 is 23.7 Å². The number of hydrogen-bond acceptors (Lipinski definition) is 7. The van der Waals surface area contributed by atoms with Gasteiger partial charge in [-0.2, -0.15) is 17.6 Å². The third-order valence-corrected chi connectivity index (χ3v) is 4.44. The van der Waals surface area contributed by atoms with Gasteiger partial charge in [-0.1, -0.05) is 0 Å². The highest BCUT2D eigenvalue weighted by atomic mass is 32.1. The van der Waals surface area contributed by atoms with Crippen LogP contribution < -0.4 is 20.1 Å². The van der Waals surface area contributed by atoms with Crippen LogP contribution in [0.25, 0.3) is 11.3 Å². The lowest BCUT2D eigenvalue weighted by Crippen LogP contribution is -2.52. The number of rotatable bonds is 2. The minimum absolute atomic E-state index is 0.427. The molecule has 1 aromatic carbocycles. The zero-order chi connectivity index (χ0) is 18.4. The number of hydrogen-bond donors (Lipinski definition) is 2. The van der Waals surface area contributed by atoms with Crippen LogP contribution in [0.2, 0.25) is 0 Å². The van der Waals surface area contributed by atoms with E-state index in [2.05, 4.69) is 30.1 Å². The Morgan fingerprint density at radius 2 is 1.88 bits per heavy atom. The van der Waals surface area contributed by atoms with Gasteiger partial charge in [0.05, 0.1) is 5.69 Å². The van der Waals surface area contributed by atoms with Crippen LogP contribution in [0.3, 0.4) is 0 Å². The molecule has 0 aliphatic carbocycles. The Bertz CT molecular complexity index is 871. The second-order valence-corrected chi connectivity index (χ2v) is 6.43. The van der Waals surface area contributed by atoms with Crippen molar-refractivity contribution in [1.29, 1.82) is 0 Å². The summed E-state index contributed by atoms with van der Waals surface area (Å²) in [5.74, 6) is -0.320. The van der Waals surface area contributed by atoms with E-state index in [1.165, 1.54) is 23.5 Å². The summed E-state index contributed by atoms with van der Waals surface area (Å²) in [6.45, 7) is 1.53. The summed E-state index contributed by atoms with van der Waals surface area (Å²) in [5, 5.41) is 8.37. The van der Waals surface area contributed by atoms with E-state index in [0.717, 1.165) is 19.0 Å². The highest BCUT2D eigenvalue weighted by Gasteiger charge is 2.65. The first-order valence-electron chi connectivity index (χ1n) is 7.63. The van der Waals surface area contributed by atoms with E-state index in [1.54, 1.807) is 5.38 Å². The van der Waals surface area contributed by atoms with Gasteiger partial charge in [0.25, 0.3) is 0 Å². The van der Waals surface area contributed by atoms with E-state index in [4.69, 9.17) is 0 Å². The number of aromatic nitrogens is 1. The number of alkyl halides is 4. The lowest BCUT2D eigenvalue weighted by molar-refractivity contribution is -0.391. The van der Waals surface area contributed by atoms with Crippen molar-refractivity contribution in [2.45, 2.75) is 18.6 Å². The van der Waals surface area contributed by atoms with Gasteiger partial charge in [-0.25, -0.2) is 4.98 Å². The van der Waals surface area contributed by atoms with Crippen LogP contribution in [0.15, 0.2) is 28.6 Å². The lowest BCUT2D eigenvalue weighted by Gasteiger charge is -2.31. The summed E-state index contributed by atoms with van der Waals surface area (Å²) in [4.78, 5) is 8.61. The van der Waals surface area contributed by atoms with Crippen LogP contribution in [-0.4, -0.2) is 36.3 Å². The van der Waals surface area contributed by atoms with Gasteiger partial charge in [-0.15, -0.1) is 11.3 Å². The first kappa shape index (κ1) is 16.9. The molecule has 0 amide bonds. The summed E-state index contributed by atoms with van der Waals surface area (Å²) in [7, 11) is 0. The predicted octanol–water partition coefficient (Wildman–Crippen LogP) is 3.53. The highest BCUT2D eigenvalue weighted by Crippen LogP contribution is 2.47. The molecule has 0 bridgehead atoms. The lowest BCUT2D eigenvalue weighted by atomic mass is 10.1. The Hall–Kier alpha value is -2.56. The number of aliphatic imine (C=N–C) groups is 1. The molecule has 0 saturated carbocycles. The number of thiazole rings is 1. The van der Waals surface area contributed by atoms with Crippen molar-refractivity contribution in [2.75, 3.05) is 18.4 Å². The second-order valence-electron chi connectivity index (χ2n) is 5.57. The number of nitrogens with zero attached hydrogens (tertiary/aromatic N) is 2. The number of benzene rings is 1. The van der Waals surface area contributed by atoms with E-state index in [1.807, 2.05) is 0 Å². The maximum absolute atomic E-state index is 13.3. The summed E-state index contributed by atoms with van der Waals surface area (Å²) < 4.78 is 61.2. The normalized spacial score (nSPS) is 20.1. The van der Waals surface area contributed by atoms with Crippen molar-refractivity contribution in [2.24, 2.45) is 4.99 Å². The molecule has 11 heteroatoms. The molecular weight excluding hydrogens is 376 g/mol. The molecule has 2 aromatic rings. The minimum Gasteiger partial charge on any atom is -0.421 e. The van der Waals surface area contributed by atoms with Gasteiger partial charge < -0.3 is 20.1 Å². The third-order valence-electron chi connectivity index (χ3n) is 3.68. The van der Waals surface area contributed by atoms with E-state index >= 15 is 0 Å². The molecule has 1 aromatic heterocycles. The summed E-state index contributed by atoms with van der Waals surface area (Å²) in [5.41, 5.74) is 0.900. The van der Waals surface area contributed by atoms with Crippen molar-refractivity contribution < 1.29 is 27.0 Å². The van der Waals surface area contributed by atoms with Gasteiger partial charge in [-0.3, -0.25) is 4.99 Å². The van der Waals surface area contributed by atoms with Gasteiger partial charge in [0.15, 0.2) is 22.6 Å². The van der Waals surface area contributed by atoms with Gasteiger partial charge in [0, 0.05) is 24.0 Å². The van der Waals surface area contributed by atoms with Gasteiger partial charge in [0.1, 0.15) is 0 Å². The molecule has 0 saturated heterocycles. The molecule has 0 atom stereocenters. The summed E-state index contributed by atoms with van der Waals surface area (Å²) >= 11 is 1.29. The largest absolute Gasteiger partial charge is 0.507 e. The minimum atomic E-state index is -4.75. The zero-order valence-electron chi connectivity index (χ0n) is 13.1. The molecule has 2 aliphatic heterocycles. The molecule has 2 aliphatic rings. The number of guanidine groups is 1. The zero-order valence-corrected chi connectivity index (χ0v) is 13.9. The standard InChI is InChI=1S/C15H12F4N4O2S/c16-14(17)15(18,19)25-11-6-8(2-3-10(11)24-14)9-7-26-13(22-9)23-12-20-4-1-5-21-12/h2-3,6-7H,1,4-5H2,(H2,20,21,22,23). The fraction of sp³-hybridized carbons (Fsp3) is 0.333. The van der Waals surface area contributed by atoms with Gasteiger partial charge in [0.2, 0.25) is 0 Å². The smallest absolute Gasteiger partial charge is 0.421 e. The molecule has 26 heavy (non-hydrogen) atoms. The molecule has 0 radical (unpaired) electrons. The van der Waals surface area contributed by atoms with Crippen LogP contribution in [0.4, 0.5) is 22.7 Å². The number of ether oxygens (including phenoxy) is 2. The van der Waals surface area contributed by atoms with Crippen LogP contribution in [0.5, 0.6) is 11.5 Å². The highest BCUT2D eigenvalue weighted by molar-refractivity contribution is 7.14. The maximum atomic E-state index is 13.3. The Balaban J connectivity index is 1.57. The van der Waals surface area contributed by atoms with E-state index in [9.17, 15) is 17.6 Å². The fourth-order valence-corrected chi connectivity index (χ4v) is 3.13. The van der Waals surface area contributed by atoms with Crippen molar-refractivity contribution in [3.05, 3.63) is 23.6 Å². The van der Waals surface area contributed by atoms with Crippen LogP contribution in [0.1, 0.15) is 6.42 Å². The molecule has 6 nitrogen and oxygen atoms in total. The van der Waals surface area contributed by atoms with Gasteiger partial charge >= 0.3 is 12.2 Å². The second kappa shape index (κ2) is 6.01. The average molecular weight is 388 g/mol. The third kappa shape index (κ3) is 3.02. The molecule has 3 heterocycles. The van der Waals surface area contributed by atoms with Crippen molar-refractivity contribution in [3.63, 3.8) is 0 Å². The number of nitrogens with one attached hydrogen (secondary N) is 2. The molecular formula is C15H12F4N4O2S. The Morgan fingerprint density at radius 3 is 2.62 bits per heavy atom. The first-order chi connectivity index (χ1) is 12.3. The predicted molar refractivity (Wildman–Crippen MR) is 87.2 cm³/mol. The molecule has 0 fully saturated rings. The van der Waals surface area contributed by atoms with Crippen LogP contribution >= 0.6 is 11.3 Å². The topological polar surface area (TPSA) is 67.8 Å². The molecule has 4 rings (SSSR count). The molecule has 0 spiro atoms. The molecule has 138 valence electrons. The quantitative estimate of drug-likeness (QED) is 0.771. The number of halogens is 4. The monoisotopic (exact) mass is 388 g/mol. The fourth-order valence-electron chi connectivity index (χ4n) is 2.41. The number of anilines is 1. The Labute approximate surface area is 148 Å². The Morgan fingerprint density at radius 1 is 1.12 bits per heavy atom. The van der Waals surface area contributed by atoms with Crippen molar-refractivity contribution in [3.8, 4) is 22.8 Å².